The van der Waals surface area contributed by atoms with Gasteiger partial charge < -0.3 is 51.2 Å². The maximum Gasteiger partial charge on any atom is 0.351 e. The lowest BCUT2D eigenvalue weighted by Gasteiger charge is -2.17. The van der Waals surface area contributed by atoms with Crippen molar-refractivity contribution >= 4 is 17.5 Å². The molecule has 0 saturated carbocycles. The Kier molecular flexibility index (Phi) is 9.28. The molecular weight excluding hydrogens is 512 g/mol. The first-order valence-corrected chi connectivity index (χ1v) is 11.4. The number of aromatic nitrogens is 4. The molecule has 4 heterocycles. The molecule has 0 radical (unpaired) electrons. The highest BCUT2D eigenvalue weighted by molar-refractivity contribution is 5.87. The minimum absolute atomic E-state index is 0.0745. The predicted molar refractivity (Wildman–Crippen MR) is 126 cm³/mol. The van der Waals surface area contributed by atoms with Crippen LogP contribution in [0.5, 0.6) is 0 Å². The maximum atomic E-state index is 11.8. The standard InChI is InChI=1S/C11H15N3O6.C10H15N3O5/c1-5(16)12-7-2-3-14(11(19)13-7)10-9(18)8(17)6(4-15)20-10;1-4-2-13(10(17)12-8(4)11)9-7(16)6(15)5(3-14)18-9/h2-3,6,8-10,15,17-18H,4H2,1H3,(H,12,13,16,19);2,5-7,9,14-16H,3H2,1H3,(H2,11,12,17)/t6-,8-,9-,10-;5-,6-,7-,9-/m11/s1. The number of nitrogens with one attached hydrogen (secondary N) is 1. The largest absolute Gasteiger partial charge is 0.394 e. The van der Waals surface area contributed by atoms with E-state index < -0.39 is 73.7 Å². The van der Waals surface area contributed by atoms with E-state index in [-0.39, 0.29) is 17.5 Å². The minimum atomic E-state index is -1.36. The van der Waals surface area contributed by atoms with Crippen LogP contribution >= 0.6 is 0 Å². The molecule has 2 aromatic heterocycles. The fourth-order valence-corrected chi connectivity index (χ4v) is 3.84. The number of nitrogens with zero attached hydrogens (tertiary/aromatic N) is 4. The zero-order valence-electron chi connectivity index (χ0n) is 20.4. The van der Waals surface area contributed by atoms with Crippen molar-refractivity contribution in [3.05, 3.63) is 45.0 Å². The molecule has 2 aliphatic heterocycles. The average Bonchev–Trinajstić information content (AvgIpc) is 3.31. The second-order valence-electron chi connectivity index (χ2n) is 8.64. The molecule has 2 saturated heterocycles. The van der Waals surface area contributed by atoms with Gasteiger partial charge >= 0.3 is 11.4 Å². The molecule has 17 nitrogen and oxygen atoms in total. The Morgan fingerprint density at radius 2 is 1.45 bits per heavy atom. The van der Waals surface area contributed by atoms with E-state index in [1.54, 1.807) is 6.92 Å². The zero-order chi connectivity index (χ0) is 28.3. The van der Waals surface area contributed by atoms with E-state index in [4.69, 9.17) is 25.4 Å². The second-order valence-corrected chi connectivity index (χ2v) is 8.64. The Labute approximate surface area is 214 Å². The van der Waals surface area contributed by atoms with Crippen LogP contribution in [0.25, 0.3) is 0 Å². The summed E-state index contributed by atoms with van der Waals surface area (Å²) in [7, 11) is 0. The van der Waals surface area contributed by atoms with Crippen molar-refractivity contribution in [1.82, 2.24) is 19.1 Å². The molecule has 0 aromatic carbocycles. The quantitative estimate of drug-likeness (QED) is 0.177. The van der Waals surface area contributed by atoms with Gasteiger partial charge in [0.1, 0.15) is 48.3 Å². The van der Waals surface area contributed by atoms with Crippen molar-refractivity contribution in [2.24, 2.45) is 0 Å². The molecule has 0 aliphatic carbocycles. The number of aryl methyl sites for hydroxylation is 1. The van der Waals surface area contributed by atoms with Crippen molar-refractivity contribution in [2.75, 3.05) is 24.3 Å². The fourth-order valence-electron chi connectivity index (χ4n) is 3.84. The average molecular weight is 543 g/mol. The van der Waals surface area contributed by atoms with Crippen LogP contribution in [0.3, 0.4) is 0 Å². The highest BCUT2D eigenvalue weighted by Crippen LogP contribution is 2.29. The Morgan fingerprint density at radius 3 is 1.89 bits per heavy atom. The van der Waals surface area contributed by atoms with Crippen LogP contribution in [0, 0.1) is 6.92 Å². The van der Waals surface area contributed by atoms with E-state index in [0.29, 0.717) is 5.56 Å². The van der Waals surface area contributed by atoms with Gasteiger partial charge in [-0.25, -0.2) is 9.59 Å². The van der Waals surface area contributed by atoms with E-state index in [0.717, 1.165) is 9.13 Å². The molecule has 8 atom stereocenters. The number of nitrogen functional groups attached to an aromatic ring is 1. The number of amides is 1. The summed E-state index contributed by atoms with van der Waals surface area (Å²) < 4.78 is 12.5. The number of ether oxygens (including phenoxy) is 2. The first-order chi connectivity index (χ1) is 17.9. The lowest BCUT2D eigenvalue weighted by Crippen LogP contribution is -2.36. The third-order valence-corrected chi connectivity index (χ3v) is 5.89. The van der Waals surface area contributed by atoms with Gasteiger partial charge in [-0.05, 0) is 13.0 Å². The molecular formula is C21H30N6O11. The first kappa shape index (κ1) is 29.3. The van der Waals surface area contributed by atoms with Crippen LogP contribution in [-0.4, -0.2) is 105 Å². The van der Waals surface area contributed by atoms with Gasteiger partial charge in [0, 0.05) is 24.9 Å². The van der Waals surface area contributed by atoms with Crippen LogP contribution in [-0.2, 0) is 14.3 Å². The molecule has 9 N–H and O–H groups in total. The number of anilines is 2. The smallest absolute Gasteiger partial charge is 0.351 e. The molecule has 2 aliphatic rings. The van der Waals surface area contributed by atoms with Gasteiger partial charge in [0.15, 0.2) is 12.5 Å². The molecule has 2 fully saturated rings. The normalized spacial score (nSPS) is 30.5. The summed E-state index contributed by atoms with van der Waals surface area (Å²) >= 11 is 0. The molecule has 38 heavy (non-hydrogen) atoms. The number of carbonyl (C=O) groups excluding carboxylic acids is 1. The summed E-state index contributed by atoms with van der Waals surface area (Å²) in [4.78, 5) is 41.5. The molecule has 1 amide bonds. The highest BCUT2D eigenvalue weighted by Gasteiger charge is 2.44. The van der Waals surface area contributed by atoms with Gasteiger partial charge in [-0.15, -0.1) is 0 Å². The molecule has 17 heteroatoms. The van der Waals surface area contributed by atoms with Gasteiger partial charge in [-0.3, -0.25) is 13.9 Å². The van der Waals surface area contributed by atoms with Crippen LogP contribution in [0.1, 0.15) is 24.9 Å². The lowest BCUT2D eigenvalue weighted by atomic mass is 10.1. The van der Waals surface area contributed by atoms with Crippen molar-refractivity contribution < 1.29 is 44.9 Å². The topological polar surface area (TPSA) is 265 Å². The number of hydrogen-bond donors (Lipinski definition) is 8. The first-order valence-electron chi connectivity index (χ1n) is 11.4. The molecule has 4 rings (SSSR count). The second kappa shape index (κ2) is 12.0. The van der Waals surface area contributed by atoms with Gasteiger partial charge in [-0.2, -0.15) is 9.97 Å². The number of aliphatic hydroxyl groups is 6. The summed E-state index contributed by atoms with van der Waals surface area (Å²) in [5.41, 5.74) is 4.59. The summed E-state index contributed by atoms with van der Waals surface area (Å²) in [5, 5.41) is 59.1. The van der Waals surface area contributed by atoms with E-state index in [9.17, 15) is 34.8 Å². The Bertz CT molecular complexity index is 1250. The number of rotatable bonds is 5. The van der Waals surface area contributed by atoms with Gasteiger partial charge in [0.25, 0.3) is 0 Å². The number of aliphatic hydroxyl groups excluding tert-OH is 6. The number of carbonyl (C=O) groups is 1. The summed E-state index contributed by atoms with van der Waals surface area (Å²) in [6, 6.07) is 1.36. The maximum absolute atomic E-state index is 11.8. The van der Waals surface area contributed by atoms with Gasteiger partial charge in [0.2, 0.25) is 5.91 Å². The third kappa shape index (κ3) is 6.05. The Morgan fingerprint density at radius 1 is 0.947 bits per heavy atom. The van der Waals surface area contributed by atoms with E-state index in [1.807, 2.05) is 0 Å². The SMILES string of the molecule is CC(=O)Nc1ccn([C@@H]2O[C@H](CO)[C@@H](O)[C@H]2O)c(=O)n1.Cc1cn([C@@H]2O[C@H](CO)[C@@H](O)[C@H]2O)c(=O)nc1N. The number of hydrogen-bond acceptors (Lipinski definition) is 14. The van der Waals surface area contributed by atoms with Gasteiger partial charge in [0.05, 0.1) is 13.2 Å². The zero-order valence-corrected chi connectivity index (χ0v) is 20.4. The third-order valence-electron chi connectivity index (χ3n) is 5.89. The van der Waals surface area contributed by atoms with E-state index in [1.165, 1.54) is 25.4 Å². The summed E-state index contributed by atoms with van der Waals surface area (Å²) in [6.07, 6.45) is -6.71. The predicted octanol–water partition coefficient (Wildman–Crippen LogP) is -4.44. The van der Waals surface area contributed by atoms with E-state index in [2.05, 4.69) is 15.3 Å². The monoisotopic (exact) mass is 542 g/mol. The van der Waals surface area contributed by atoms with E-state index >= 15 is 0 Å². The van der Waals surface area contributed by atoms with Crippen LogP contribution in [0.2, 0.25) is 0 Å². The van der Waals surface area contributed by atoms with Crippen LogP contribution < -0.4 is 22.4 Å². The van der Waals surface area contributed by atoms with Crippen molar-refractivity contribution in [3.8, 4) is 0 Å². The van der Waals surface area contributed by atoms with Crippen molar-refractivity contribution in [2.45, 2.75) is 62.9 Å². The molecule has 210 valence electrons. The lowest BCUT2D eigenvalue weighted by molar-refractivity contribution is -0.114. The highest BCUT2D eigenvalue weighted by atomic mass is 16.6. The van der Waals surface area contributed by atoms with Gasteiger partial charge in [-0.1, -0.05) is 0 Å². The molecule has 2 aromatic rings. The summed E-state index contributed by atoms with van der Waals surface area (Å²) in [5.74, 6) is -0.198. The Balaban J connectivity index is 0.000000212. The molecule has 0 spiro atoms. The van der Waals surface area contributed by atoms with Crippen molar-refractivity contribution in [1.29, 1.82) is 0 Å². The summed E-state index contributed by atoms with van der Waals surface area (Å²) in [6.45, 7) is 1.99. The van der Waals surface area contributed by atoms with Crippen molar-refractivity contribution in [3.63, 3.8) is 0 Å². The molecule has 0 unspecified atom stereocenters. The van der Waals surface area contributed by atoms with Crippen LogP contribution in [0.15, 0.2) is 28.0 Å². The Hall–Kier alpha value is -3.29. The van der Waals surface area contributed by atoms with Crippen LogP contribution in [0.4, 0.5) is 11.6 Å². The number of nitrogens with two attached hydrogens (primary N) is 1. The fraction of sp³-hybridized carbons (Fsp3) is 0.571. The molecule has 0 bridgehead atoms. The minimum Gasteiger partial charge on any atom is -0.394 e.